The average Bonchev–Trinajstić information content (AvgIpc) is 3.18. The van der Waals surface area contributed by atoms with Crippen molar-refractivity contribution in [2.45, 2.75) is 12.3 Å². The minimum Gasteiger partial charge on any atom is -0.309 e. The molecule has 0 unspecified atom stereocenters. The fourth-order valence-electron chi connectivity index (χ4n) is 2.74. The molecule has 0 amide bonds. The van der Waals surface area contributed by atoms with Gasteiger partial charge in [0.15, 0.2) is 0 Å². The second kappa shape index (κ2) is 5.21. The Hall–Kier alpha value is -1.94. The van der Waals surface area contributed by atoms with E-state index in [1.165, 1.54) is 22.7 Å². The molecule has 2 atom stereocenters. The second-order valence-electron chi connectivity index (χ2n) is 5.73. The monoisotopic (exact) mass is 269 g/mol. The van der Waals surface area contributed by atoms with Crippen LogP contribution in [0.5, 0.6) is 0 Å². The van der Waals surface area contributed by atoms with Crippen molar-refractivity contribution >= 4 is 0 Å². The number of benzene rings is 1. The van der Waals surface area contributed by atoms with E-state index in [1.54, 1.807) is 12.3 Å². The summed E-state index contributed by atoms with van der Waals surface area (Å²) in [6.45, 7) is 1.14. The third kappa shape index (κ3) is 2.65. The van der Waals surface area contributed by atoms with Gasteiger partial charge in [0.05, 0.1) is 5.69 Å². The van der Waals surface area contributed by atoms with E-state index in [9.17, 15) is 4.79 Å². The van der Waals surface area contributed by atoms with Crippen LogP contribution < -0.4 is 5.56 Å². The lowest BCUT2D eigenvalue weighted by Gasteiger charge is -2.09. The Morgan fingerprint density at radius 2 is 2.00 bits per heavy atom. The minimum absolute atomic E-state index is 0.0999. The highest BCUT2D eigenvalue weighted by Gasteiger charge is 2.38. The molecule has 1 aromatic carbocycles. The predicted octanol–water partition coefficient (Wildman–Crippen LogP) is 1.90. The van der Waals surface area contributed by atoms with Crippen LogP contribution >= 0.6 is 0 Å². The second-order valence-corrected chi connectivity index (χ2v) is 5.73. The van der Waals surface area contributed by atoms with E-state index in [0.717, 1.165) is 18.2 Å². The minimum atomic E-state index is -0.0999. The topological polar surface area (TPSA) is 38.1 Å². The van der Waals surface area contributed by atoms with Crippen LogP contribution in [0.15, 0.2) is 47.4 Å². The standard InChI is InChI=1S/C16H19N3O/c1-18(2)11-13-10-15(13)12-5-7-14(8-6-12)19-16(20)4-3-9-17-19/h3-9,13,15H,10-11H2,1-2H3/t13-,15-/m1/s1. The summed E-state index contributed by atoms with van der Waals surface area (Å²) >= 11 is 0. The zero-order valence-corrected chi connectivity index (χ0v) is 11.9. The summed E-state index contributed by atoms with van der Waals surface area (Å²) < 4.78 is 1.42. The Labute approximate surface area is 118 Å². The highest BCUT2D eigenvalue weighted by molar-refractivity contribution is 5.37. The molecule has 104 valence electrons. The van der Waals surface area contributed by atoms with E-state index in [0.29, 0.717) is 5.92 Å². The molecule has 1 aliphatic carbocycles. The van der Waals surface area contributed by atoms with Gasteiger partial charge in [0, 0.05) is 18.8 Å². The maximum atomic E-state index is 11.7. The molecule has 1 heterocycles. The first-order valence-corrected chi connectivity index (χ1v) is 6.94. The van der Waals surface area contributed by atoms with Crippen molar-refractivity contribution in [1.82, 2.24) is 14.7 Å². The third-order valence-corrected chi connectivity index (χ3v) is 3.80. The molecule has 20 heavy (non-hydrogen) atoms. The Bertz CT molecular complexity index is 645. The number of hydrogen-bond donors (Lipinski definition) is 0. The van der Waals surface area contributed by atoms with Crippen LogP contribution in [0.3, 0.4) is 0 Å². The average molecular weight is 269 g/mol. The van der Waals surface area contributed by atoms with Gasteiger partial charge in [-0.1, -0.05) is 12.1 Å². The quantitative estimate of drug-likeness (QED) is 0.851. The van der Waals surface area contributed by atoms with Gasteiger partial charge in [-0.15, -0.1) is 0 Å². The van der Waals surface area contributed by atoms with Crippen LogP contribution in [0.4, 0.5) is 0 Å². The fourth-order valence-corrected chi connectivity index (χ4v) is 2.74. The summed E-state index contributed by atoms with van der Waals surface area (Å²) in [5.74, 6) is 1.44. The number of hydrogen-bond acceptors (Lipinski definition) is 3. The third-order valence-electron chi connectivity index (χ3n) is 3.80. The van der Waals surface area contributed by atoms with Gasteiger partial charge in [-0.05, 0) is 56.1 Å². The molecule has 2 aromatic rings. The van der Waals surface area contributed by atoms with Crippen molar-refractivity contribution < 1.29 is 0 Å². The van der Waals surface area contributed by atoms with Gasteiger partial charge in [0.1, 0.15) is 0 Å². The zero-order chi connectivity index (χ0) is 14.1. The molecule has 0 bridgehead atoms. The van der Waals surface area contributed by atoms with Crippen LogP contribution in [0, 0.1) is 5.92 Å². The molecule has 0 radical (unpaired) electrons. The van der Waals surface area contributed by atoms with Crippen LogP contribution in [0.25, 0.3) is 5.69 Å². The van der Waals surface area contributed by atoms with Gasteiger partial charge in [-0.3, -0.25) is 4.79 Å². The SMILES string of the molecule is CN(C)C[C@H]1C[C@@H]1c1ccc(-n2ncccc2=O)cc1. The zero-order valence-electron chi connectivity index (χ0n) is 11.9. The summed E-state index contributed by atoms with van der Waals surface area (Å²) in [7, 11) is 4.23. The molecule has 0 aliphatic heterocycles. The summed E-state index contributed by atoms with van der Waals surface area (Å²) in [5, 5.41) is 4.09. The molecule has 1 aromatic heterocycles. The molecule has 4 heteroatoms. The van der Waals surface area contributed by atoms with Gasteiger partial charge in [-0.25, -0.2) is 0 Å². The van der Waals surface area contributed by atoms with Crippen molar-refractivity contribution in [2.75, 3.05) is 20.6 Å². The van der Waals surface area contributed by atoms with E-state index >= 15 is 0 Å². The Kier molecular flexibility index (Phi) is 3.40. The first kappa shape index (κ1) is 13.1. The summed E-state index contributed by atoms with van der Waals surface area (Å²) in [6.07, 6.45) is 2.89. The van der Waals surface area contributed by atoms with Gasteiger partial charge >= 0.3 is 0 Å². The summed E-state index contributed by atoms with van der Waals surface area (Å²) in [6, 6.07) is 11.4. The van der Waals surface area contributed by atoms with E-state index in [2.05, 4.69) is 36.2 Å². The first-order valence-electron chi connectivity index (χ1n) is 6.94. The molecule has 3 rings (SSSR count). The Morgan fingerprint density at radius 1 is 1.25 bits per heavy atom. The van der Waals surface area contributed by atoms with Crippen LogP contribution in [-0.2, 0) is 0 Å². The van der Waals surface area contributed by atoms with Crippen molar-refractivity contribution in [1.29, 1.82) is 0 Å². The molecule has 1 saturated carbocycles. The Balaban J connectivity index is 1.76. The molecule has 0 spiro atoms. The molecule has 1 fully saturated rings. The van der Waals surface area contributed by atoms with E-state index in [4.69, 9.17) is 0 Å². The van der Waals surface area contributed by atoms with E-state index in [-0.39, 0.29) is 5.56 Å². The molecule has 0 N–H and O–H groups in total. The number of rotatable bonds is 4. The number of nitrogens with zero attached hydrogens (tertiary/aromatic N) is 3. The lowest BCUT2D eigenvalue weighted by atomic mass is 10.1. The van der Waals surface area contributed by atoms with Gasteiger partial charge in [-0.2, -0.15) is 9.78 Å². The fraction of sp³-hybridized carbons (Fsp3) is 0.375. The molecule has 1 aliphatic rings. The van der Waals surface area contributed by atoms with Crippen molar-refractivity contribution in [3.8, 4) is 5.69 Å². The summed E-state index contributed by atoms with van der Waals surface area (Å²) in [5.41, 5.74) is 2.09. The predicted molar refractivity (Wildman–Crippen MR) is 79.2 cm³/mol. The highest BCUT2D eigenvalue weighted by atomic mass is 16.1. The van der Waals surface area contributed by atoms with Crippen molar-refractivity contribution in [3.63, 3.8) is 0 Å². The van der Waals surface area contributed by atoms with Gasteiger partial charge < -0.3 is 4.90 Å². The lowest BCUT2D eigenvalue weighted by molar-refractivity contribution is 0.385. The largest absolute Gasteiger partial charge is 0.309 e. The van der Waals surface area contributed by atoms with E-state index in [1.807, 2.05) is 12.1 Å². The highest BCUT2D eigenvalue weighted by Crippen LogP contribution is 2.47. The summed E-state index contributed by atoms with van der Waals surface area (Å²) in [4.78, 5) is 14.0. The lowest BCUT2D eigenvalue weighted by Crippen LogP contribution is -2.19. The molecular weight excluding hydrogens is 250 g/mol. The molecule has 4 nitrogen and oxygen atoms in total. The van der Waals surface area contributed by atoms with Crippen LogP contribution in [0.2, 0.25) is 0 Å². The Morgan fingerprint density at radius 3 is 2.65 bits per heavy atom. The van der Waals surface area contributed by atoms with Gasteiger partial charge in [0.2, 0.25) is 0 Å². The van der Waals surface area contributed by atoms with Crippen molar-refractivity contribution in [2.24, 2.45) is 5.92 Å². The molecule has 0 saturated heterocycles. The van der Waals surface area contributed by atoms with Gasteiger partial charge in [0.25, 0.3) is 5.56 Å². The maximum absolute atomic E-state index is 11.7. The van der Waals surface area contributed by atoms with Crippen molar-refractivity contribution in [3.05, 3.63) is 58.5 Å². The maximum Gasteiger partial charge on any atom is 0.271 e. The smallest absolute Gasteiger partial charge is 0.271 e. The first-order chi connectivity index (χ1) is 9.65. The number of aromatic nitrogens is 2. The van der Waals surface area contributed by atoms with Crippen LogP contribution in [0.1, 0.15) is 17.9 Å². The molecular formula is C16H19N3O. The van der Waals surface area contributed by atoms with E-state index < -0.39 is 0 Å². The normalized spacial score (nSPS) is 21.1. The van der Waals surface area contributed by atoms with Crippen LogP contribution in [-0.4, -0.2) is 35.3 Å².